The molecule has 6 aliphatic carbocycles. The molecule has 0 aromatic rings. The van der Waals surface area contributed by atoms with E-state index in [1.807, 2.05) is 0 Å². The zero-order valence-corrected chi connectivity index (χ0v) is 10.2. The second kappa shape index (κ2) is 1.19. The molecule has 0 aromatic carbocycles. The van der Waals surface area contributed by atoms with Gasteiger partial charge in [-0.1, -0.05) is 45.2 Å². The van der Waals surface area contributed by atoms with Crippen LogP contribution in [0.15, 0.2) is 0 Å². The minimum Gasteiger partial charge on any atom is -0.0767 e. The summed E-state index contributed by atoms with van der Waals surface area (Å²) >= 11 is 5.66. The average molecular weight is 370 g/mol. The van der Waals surface area contributed by atoms with E-state index < -0.39 is 0 Å². The molecule has 2 heteroatoms. The Bertz CT molecular complexity index is 247. The van der Waals surface area contributed by atoms with Gasteiger partial charge in [0.25, 0.3) is 0 Å². The van der Waals surface area contributed by atoms with E-state index in [9.17, 15) is 0 Å². The van der Waals surface area contributed by atoms with Gasteiger partial charge in [-0.15, -0.1) is 0 Å². The molecule has 0 amide bonds. The molecule has 6 rings (SSSR count). The van der Waals surface area contributed by atoms with E-state index in [1.165, 1.54) is 35.5 Å². The predicted octanol–water partition coefficient (Wildman–Crippen LogP) is 2.49. The van der Waals surface area contributed by atoms with Gasteiger partial charge < -0.3 is 0 Å². The Kier molecular flexibility index (Phi) is 0.653. The largest absolute Gasteiger partial charge is 0.0767 e. The van der Waals surface area contributed by atoms with Gasteiger partial charge in [-0.3, -0.25) is 0 Å². The van der Waals surface area contributed by atoms with Gasteiger partial charge in [0.2, 0.25) is 0 Å². The summed E-state index contributed by atoms with van der Waals surface area (Å²) in [4.78, 5) is 0. The maximum absolute atomic E-state index is 2.83. The van der Waals surface area contributed by atoms with Crippen LogP contribution < -0.4 is 0 Å². The Labute approximate surface area is 93.2 Å². The fraction of sp³-hybridized carbons (Fsp3) is 1.00. The summed E-state index contributed by atoms with van der Waals surface area (Å²) in [6.07, 6.45) is 1.64. The standard InChI is InChI=1S/C9H8I2/c10-8-4-2-1-3(6(4)8)7-5(2)9(7,8)11/h2-7H,1H2. The van der Waals surface area contributed by atoms with Crippen LogP contribution >= 0.6 is 45.2 Å². The molecule has 0 nitrogen and oxygen atoms in total. The molecule has 0 N–H and O–H groups in total. The molecule has 11 heavy (non-hydrogen) atoms. The number of halogens is 2. The SMILES string of the molecule is IC12C3C4CC(C31)C1C4C12I. The van der Waals surface area contributed by atoms with Crippen molar-refractivity contribution in [2.24, 2.45) is 35.5 Å². The fourth-order valence-electron chi connectivity index (χ4n) is 5.50. The summed E-state index contributed by atoms with van der Waals surface area (Å²) in [5.41, 5.74) is 0. The van der Waals surface area contributed by atoms with Crippen molar-refractivity contribution in [1.29, 1.82) is 0 Å². The molecular weight excluding hydrogens is 362 g/mol. The highest BCUT2D eigenvalue weighted by molar-refractivity contribution is 14.1. The van der Waals surface area contributed by atoms with Gasteiger partial charge in [-0.05, 0) is 41.9 Å². The number of hydrogen-bond donors (Lipinski definition) is 0. The number of rotatable bonds is 0. The number of alkyl halides is 2. The van der Waals surface area contributed by atoms with Gasteiger partial charge in [0, 0.05) is 6.84 Å². The summed E-state index contributed by atoms with van der Waals surface area (Å²) in [6, 6.07) is 0. The summed E-state index contributed by atoms with van der Waals surface area (Å²) in [6.45, 7) is 0. The molecule has 0 aromatic heterocycles. The first kappa shape index (κ1) is 6.04. The second-order valence-corrected chi connectivity index (χ2v) is 8.77. The maximum Gasteiger partial charge on any atom is 0.0441 e. The van der Waals surface area contributed by atoms with E-state index >= 15 is 0 Å². The Balaban J connectivity index is 1.96. The molecule has 6 aliphatic rings. The third kappa shape index (κ3) is 0.300. The highest BCUT2D eigenvalue weighted by Gasteiger charge is 3.03. The van der Waals surface area contributed by atoms with Crippen molar-refractivity contribution in [1.82, 2.24) is 0 Å². The van der Waals surface area contributed by atoms with Crippen molar-refractivity contribution in [2.75, 3.05) is 0 Å². The third-order valence-corrected chi connectivity index (χ3v) is 11.2. The van der Waals surface area contributed by atoms with Gasteiger partial charge in [0.15, 0.2) is 0 Å². The zero-order valence-electron chi connectivity index (χ0n) is 5.93. The van der Waals surface area contributed by atoms with Crippen LogP contribution in [0, 0.1) is 35.5 Å². The van der Waals surface area contributed by atoms with Crippen molar-refractivity contribution < 1.29 is 0 Å². The minimum atomic E-state index is 0.842. The topological polar surface area (TPSA) is 0 Å². The molecule has 0 spiro atoms. The van der Waals surface area contributed by atoms with E-state index in [2.05, 4.69) is 45.2 Å². The Morgan fingerprint density at radius 1 is 0.818 bits per heavy atom. The normalized spacial score (nSPS) is 96.5. The van der Waals surface area contributed by atoms with E-state index in [4.69, 9.17) is 0 Å². The van der Waals surface area contributed by atoms with Crippen LogP contribution in [-0.2, 0) is 0 Å². The molecule has 0 saturated heterocycles. The monoisotopic (exact) mass is 370 g/mol. The van der Waals surface area contributed by atoms with Crippen LogP contribution in [-0.4, -0.2) is 6.84 Å². The first-order valence-electron chi connectivity index (χ1n) is 4.60. The first-order valence-corrected chi connectivity index (χ1v) is 6.76. The highest BCUT2D eigenvalue weighted by atomic mass is 127. The first-order chi connectivity index (χ1) is 5.22. The van der Waals surface area contributed by atoms with Crippen LogP contribution in [0.25, 0.3) is 0 Å². The van der Waals surface area contributed by atoms with E-state index in [-0.39, 0.29) is 0 Å². The van der Waals surface area contributed by atoms with Crippen molar-refractivity contribution in [3.8, 4) is 0 Å². The summed E-state index contributed by atoms with van der Waals surface area (Å²) < 4.78 is 1.68. The molecule has 2 bridgehead atoms. The second-order valence-electron chi connectivity index (χ2n) is 5.20. The highest BCUT2D eigenvalue weighted by Crippen LogP contribution is 3.02. The lowest BCUT2D eigenvalue weighted by molar-refractivity contribution is 0.434. The third-order valence-electron chi connectivity index (χ3n) is 5.47. The Hall–Kier alpha value is 1.46. The average Bonchev–Trinajstić information content (AvgIpc) is 2.66. The quantitative estimate of drug-likeness (QED) is 0.454. The molecule has 6 saturated carbocycles. The van der Waals surface area contributed by atoms with Crippen LogP contribution in [0.5, 0.6) is 0 Å². The molecule has 4 atom stereocenters. The van der Waals surface area contributed by atoms with E-state index in [0.29, 0.717) is 0 Å². The zero-order chi connectivity index (χ0) is 7.17. The van der Waals surface area contributed by atoms with Crippen LogP contribution in [0.2, 0.25) is 0 Å². The van der Waals surface area contributed by atoms with Crippen LogP contribution in [0.3, 0.4) is 0 Å². The smallest absolute Gasteiger partial charge is 0.0441 e. The van der Waals surface area contributed by atoms with Crippen molar-refractivity contribution >= 4 is 45.2 Å². The molecule has 4 unspecified atom stereocenters. The van der Waals surface area contributed by atoms with Gasteiger partial charge >= 0.3 is 0 Å². The Morgan fingerprint density at radius 2 is 1.18 bits per heavy atom. The molecule has 0 heterocycles. The molecule has 0 aliphatic heterocycles. The lowest BCUT2D eigenvalue weighted by Gasteiger charge is -2.10. The van der Waals surface area contributed by atoms with Gasteiger partial charge in [-0.2, -0.15) is 0 Å². The predicted molar refractivity (Wildman–Crippen MR) is 59.1 cm³/mol. The van der Waals surface area contributed by atoms with E-state index in [0.717, 1.165) is 6.84 Å². The minimum absolute atomic E-state index is 0.842. The molecule has 58 valence electrons. The summed E-state index contributed by atoms with van der Waals surface area (Å²) in [5, 5.41) is 0. The van der Waals surface area contributed by atoms with Crippen molar-refractivity contribution in [3.63, 3.8) is 0 Å². The number of hydrogen-bond acceptors (Lipinski definition) is 0. The molecule has 0 radical (unpaired) electrons. The van der Waals surface area contributed by atoms with Crippen molar-refractivity contribution in [2.45, 2.75) is 13.3 Å². The molecular formula is C9H8I2. The van der Waals surface area contributed by atoms with E-state index in [1.54, 1.807) is 6.42 Å². The Morgan fingerprint density at radius 3 is 1.36 bits per heavy atom. The van der Waals surface area contributed by atoms with Crippen molar-refractivity contribution in [3.05, 3.63) is 0 Å². The fourth-order valence-corrected chi connectivity index (χ4v) is 9.97. The summed E-state index contributed by atoms with van der Waals surface area (Å²) in [7, 11) is 0. The van der Waals surface area contributed by atoms with Gasteiger partial charge in [0.05, 0.1) is 0 Å². The van der Waals surface area contributed by atoms with Gasteiger partial charge in [0.1, 0.15) is 0 Å². The van der Waals surface area contributed by atoms with Crippen LogP contribution in [0.4, 0.5) is 0 Å². The van der Waals surface area contributed by atoms with Gasteiger partial charge in [-0.25, -0.2) is 0 Å². The lowest BCUT2D eigenvalue weighted by Crippen LogP contribution is -2.16. The summed E-state index contributed by atoms with van der Waals surface area (Å²) in [5.74, 6) is 7.26. The maximum atomic E-state index is 2.83. The lowest BCUT2D eigenvalue weighted by atomic mass is 10.0. The van der Waals surface area contributed by atoms with Crippen LogP contribution in [0.1, 0.15) is 6.42 Å². The molecule has 6 fully saturated rings.